The van der Waals surface area contributed by atoms with Crippen LogP contribution in [-0.2, 0) is 9.59 Å². The molecule has 0 aliphatic rings. The summed E-state index contributed by atoms with van der Waals surface area (Å²) >= 11 is 0. The van der Waals surface area contributed by atoms with E-state index >= 15 is 0 Å². The van der Waals surface area contributed by atoms with Gasteiger partial charge in [-0.3, -0.25) is 9.59 Å². The molecule has 14 heavy (non-hydrogen) atoms. The summed E-state index contributed by atoms with van der Waals surface area (Å²) in [5, 5.41) is 5.49. The van der Waals surface area contributed by atoms with E-state index < -0.39 is 0 Å². The highest BCUT2D eigenvalue weighted by atomic mass is 16.2. The van der Waals surface area contributed by atoms with Gasteiger partial charge in [-0.1, -0.05) is 0 Å². The minimum atomic E-state index is -0.255. The first-order valence-electron chi connectivity index (χ1n) is 4.64. The number of amides is 2. The first-order chi connectivity index (χ1) is 6.49. The predicted octanol–water partition coefficient (Wildman–Crippen LogP) is -0.811. The second-order valence-electron chi connectivity index (χ2n) is 3.33. The topological polar surface area (TPSA) is 61.4 Å². The van der Waals surface area contributed by atoms with Gasteiger partial charge in [0.15, 0.2) is 0 Å². The highest BCUT2D eigenvalue weighted by Gasteiger charge is 2.10. The average Bonchev–Trinajstić information content (AvgIpc) is 2.15. The van der Waals surface area contributed by atoms with Gasteiger partial charge in [-0.15, -0.1) is 0 Å². The van der Waals surface area contributed by atoms with Crippen LogP contribution in [-0.4, -0.2) is 50.4 Å². The third kappa shape index (κ3) is 4.81. The Morgan fingerprint density at radius 1 is 1.36 bits per heavy atom. The van der Waals surface area contributed by atoms with E-state index in [2.05, 4.69) is 10.6 Å². The van der Waals surface area contributed by atoms with E-state index in [-0.39, 0.29) is 17.9 Å². The van der Waals surface area contributed by atoms with Gasteiger partial charge in [0.1, 0.15) is 0 Å². The summed E-state index contributed by atoms with van der Waals surface area (Å²) in [5.41, 5.74) is 0. The van der Waals surface area contributed by atoms with E-state index in [1.165, 1.54) is 4.90 Å². The monoisotopic (exact) mass is 201 g/mol. The van der Waals surface area contributed by atoms with Crippen molar-refractivity contribution in [2.45, 2.75) is 19.4 Å². The van der Waals surface area contributed by atoms with Crippen molar-refractivity contribution in [3.8, 4) is 0 Å². The zero-order chi connectivity index (χ0) is 11.1. The highest BCUT2D eigenvalue weighted by molar-refractivity contribution is 5.81. The van der Waals surface area contributed by atoms with Gasteiger partial charge >= 0.3 is 0 Å². The van der Waals surface area contributed by atoms with E-state index in [1.807, 2.05) is 0 Å². The van der Waals surface area contributed by atoms with Crippen molar-refractivity contribution in [1.29, 1.82) is 0 Å². The fraction of sp³-hybridized carbons (Fsp3) is 0.778. The molecular formula is C9H19N3O2. The first kappa shape index (κ1) is 12.9. The van der Waals surface area contributed by atoms with Gasteiger partial charge in [0.2, 0.25) is 11.8 Å². The molecule has 2 amide bonds. The van der Waals surface area contributed by atoms with E-state index in [0.29, 0.717) is 13.0 Å². The summed E-state index contributed by atoms with van der Waals surface area (Å²) in [5.74, 6) is -0.0103. The number of carbonyl (C=O) groups excluding carboxylic acids is 2. The van der Waals surface area contributed by atoms with Crippen molar-refractivity contribution < 1.29 is 9.59 Å². The quantitative estimate of drug-likeness (QED) is 0.611. The number of hydrogen-bond donors (Lipinski definition) is 2. The minimum Gasteiger partial charge on any atom is -0.358 e. The molecule has 82 valence electrons. The molecule has 0 bridgehead atoms. The zero-order valence-corrected chi connectivity index (χ0v) is 9.26. The molecule has 0 heterocycles. The van der Waals surface area contributed by atoms with Crippen LogP contribution in [0.1, 0.15) is 13.3 Å². The molecule has 0 saturated heterocycles. The lowest BCUT2D eigenvalue weighted by atomic mass is 10.3. The SMILES string of the molecule is CNC(=O)C(C)NCCC(=O)N(C)C. The van der Waals surface area contributed by atoms with Crippen LogP contribution >= 0.6 is 0 Å². The van der Waals surface area contributed by atoms with Crippen LogP contribution in [0.3, 0.4) is 0 Å². The van der Waals surface area contributed by atoms with Gasteiger partial charge in [0.05, 0.1) is 6.04 Å². The Morgan fingerprint density at radius 2 is 1.93 bits per heavy atom. The first-order valence-corrected chi connectivity index (χ1v) is 4.64. The Balaban J connectivity index is 3.64. The van der Waals surface area contributed by atoms with Gasteiger partial charge in [-0.05, 0) is 6.92 Å². The third-order valence-corrected chi connectivity index (χ3v) is 1.93. The molecule has 0 aromatic carbocycles. The van der Waals surface area contributed by atoms with Crippen LogP contribution in [0.15, 0.2) is 0 Å². The van der Waals surface area contributed by atoms with Crippen LogP contribution in [0.4, 0.5) is 0 Å². The smallest absolute Gasteiger partial charge is 0.236 e. The second-order valence-corrected chi connectivity index (χ2v) is 3.33. The van der Waals surface area contributed by atoms with Crippen molar-refractivity contribution in [2.75, 3.05) is 27.7 Å². The molecule has 0 rings (SSSR count). The predicted molar refractivity (Wildman–Crippen MR) is 54.8 cm³/mol. The maximum absolute atomic E-state index is 11.1. The number of nitrogens with one attached hydrogen (secondary N) is 2. The maximum Gasteiger partial charge on any atom is 0.236 e. The second kappa shape index (κ2) is 6.37. The molecule has 1 unspecified atom stereocenters. The zero-order valence-electron chi connectivity index (χ0n) is 9.26. The number of nitrogens with zero attached hydrogens (tertiary/aromatic N) is 1. The van der Waals surface area contributed by atoms with Crippen molar-refractivity contribution in [3.63, 3.8) is 0 Å². The average molecular weight is 201 g/mol. The van der Waals surface area contributed by atoms with Gasteiger partial charge in [-0.25, -0.2) is 0 Å². The molecule has 2 N–H and O–H groups in total. The molecule has 5 heteroatoms. The summed E-state index contributed by atoms with van der Waals surface area (Å²) < 4.78 is 0. The number of likely N-dealkylation sites (N-methyl/N-ethyl adjacent to an activating group) is 1. The van der Waals surface area contributed by atoms with Crippen molar-refractivity contribution in [2.24, 2.45) is 0 Å². The lowest BCUT2D eigenvalue weighted by Crippen LogP contribution is -2.41. The number of hydrogen-bond acceptors (Lipinski definition) is 3. The molecule has 0 spiro atoms. The van der Waals surface area contributed by atoms with Crippen LogP contribution in [0.2, 0.25) is 0 Å². The van der Waals surface area contributed by atoms with Gasteiger partial charge in [0.25, 0.3) is 0 Å². The Bertz CT molecular complexity index is 204. The summed E-state index contributed by atoms with van der Waals surface area (Å²) in [6.07, 6.45) is 0.411. The van der Waals surface area contributed by atoms with E-state index in [0.717, 1.165) is 0 Å². The van der Waals surface area contributed by atoms with Gasteiger partial charge in [0, 0.05) is 34.1 Å². The standard InChI is InChI=1S/C9H19N3O2/c1-7(9(14)10-2)11-6-5-8(13)12(3)4/h7,11H,5-6H2,1-4H3,(H,10,14). The molecule has 0 aromatic heterocycles. The Morgan fingerprint density at radius 3 is 2.36 bits per heavy atom. The molecular weight excluding hydrogens is 182 g/mol. The summed E-state index contributed by atoms with van der Waals surface area (Å²) in [4.78, 5) is 23.7. The Kier molecular flexibility index (Phi) is 5.87. The largest absolute Gasteiger partial charge is 0.358 e. The van der Waals surface area contributed by atoms with Crippen LogP contribution < -0.4 is 10.6 Å². The Labute approximate surface area is 84.8 Å². The molecule has 0 aliphatic carbocycles. The van der Waals surface area contributed by atoms with Gasteiger partial charge < -0.3 is 15.5 Å². The van der Waals surface area contributed by atoms with Crippen molar-refractivity contribution >= 4 is 11.8 Å². The molecule has 5 nitrogen and oxygen atoms in total. The molecule has 0 saturated carbocycles. The number of rotatable bonds is 5. The van der Waals surface area contributed by atoms with E-state index in [9.17, 15) is 9.59 Å². The molecule has 0 aliphatic heterocycles. The molecule has 1 atom stereocenters. The van der Waals surface area contributed by atoms with E-state index in [4.69, 9.17) is 0 Å². The number of carbonyl (C=O) groups is 2. The summed E-state index contributed by atoms with van der Waals surface area (Å²) in [6, 6.07) is -0.255. The fourth-order valence-corrected chi connectivity index (χ4v) is 0.928. The fourth-order valence-electron chi connectivity index (χ4n) is 0.928. The van der Waals surface area contributed by atoms with Gasteiger partial charge in [-0.2, -0.15) is 0 Å². The molecule has 0 fully saturated rings. The van der Waals surface area contributed by atoms with Crippen molar-refractivity contribution in [1.82, 2.24) is 15.5 Å². The lowest BCUT2D eigenvalue weighted by molar-refractivity contribution is -0.129. The third-order valence-electron chi connectivity index (χ3n) is 1.93. The van der Waals surface area contributed by atoms with E-state index in [1.54, 1.807) is 28.1 Å². The maximum atomic E-state index is 11.1. The minimum absolute atomic E-state index is 0.0570. The summed E-state index contributed by atoms with van der Waals surface area (Å²) in [7, 11) is 5.01. The summed E-state index contributed by atoms with van der Waals surface area (Å²) in [6.45, 7) is 2.28. The van der Waals surface area contributed by atoms with Crippen LogP contribution in [0.5, 0.6) is 0 Å². The highest BCUT2D eigenvalue weighted by Crippen LogP contribution is 1.87. The lowest BCUT2D eigenvalue weighted by Gasteiger charge is -2.13. The van der Waals surface area contributed by atoms with Crippen LogP contribution in [0, 0.1) is 0 Å². The molecule has 0 radical (unpaired) electrons. The molecule has 0 aromatic rings. The normalized spacial score (nSPS) is 12.0. The Hall–Kier alpha value is -1.10. The van der Waals surface area contributed by atoms with Crippen LogP contribution in [0.25, 0.3) is 0 Å². The van der Waals surface area contributed by atoms with Crippen molar-refractivity contribution in [3.05, 3.63) is 0 Å².